The number of aromatic nitrogens is 1. The van der Waals surface area contributed by atoms with Crippen molar-refractivity contribution in [2.24, 2.45) is 0 Å². The van der Waals surface area contributed by atoms with Gasteiger partial charge in [0.2, 0.25) is 6.41 Å². The molecule has 178 valence electrons. The molecular weight excluding hydrogens is 445 g/mol. The SMILES string of the molecule is Nc1nc2ccc(-c3c(C4CCCN4C=O)cccc3C(F)(F)F)cc2cc1N1CCOCC1. The summed E-state index contributed by atoms with van der Waals surface area (Å²) in [6.45, 7) is 3.03. The molecule has 2 fully saturated rings. The number of hydrogen-bond acceptors (Lipinski definition) is 5. The van der Waals surface area contributed by atoms with Crippen molar-refractivity contribution < 1.29 is 22.7 Å². The Morgan fingerprint density at radius 3 is 2.62 bits per heavy atom. The van der Waals surface area contributed by atoms with Gasteiger partial charge in [-0.2, -0.15) is 13.2 Å². The molecule has 0 radical (unpaired) electrons. The molecule has 2 N–H and O–H groups in total. The minimum atomic E-state index is -4.54. The minimum absolute atomic E-state index is 0.111. The van der Waals surface area contributed by atoms with Gasteiger partial charge in [-0.15, -0.1) is 0 Å². The van der Waals surface area contributed by atoms with Crippen LogP contribution < -0.4 is 10.6 Å². The second-order valence-electron chi connectivity index (χ2n) is 8.67. The molecule has 6 nitrogen and oxygen atoms in total. The Morgan fingerprint density at radius 1 is 1.09 bits per heavy atom. The number of ether oxygens (including phenoxy) is 1. The monoisotopic (exact) mass is 470 g/mol. The van der Waals surface area contributed by atoms with Gasteiger partial charge in [-0.3, -0.25) is 4.79 Å². The van der Waals surface area contributed by atoms with E-state index < -0.39 is 11.7 Å². The fourth-order valence-electron chi connectivity index (χ4n) is 5.05. The predicted octanol–water partition coefficient (Wildman–Crippen LogP) is 4.63. The number of benzene rings is 2. The minimum Gasteiger partial charge on any atom is -0.382 e. The molecular formula is C25H25F3N4O2. The topological polar surface area (TPSA) is 71.7 Å². The zero-order valence-electron chi connectivity index (χ0n) is 18.5. The van der Waals surface area contributed by atoms with Crippen LogP contribution >= 0.6 is 0 Å². The zero-order chi connectivity index (χ0) is 23.9. The maximum Gasteiger partial charge on any atom is 0.417 e. The molecule has 3 aromatic rings. The summed E-state index contributed by atoms with van der Waals surface area (Å²) in [4.78, 5) is 19.7. The van der Waals surface area contributed by atoms with Gasteiger partial charge in [0.25, 0.3) is 0 Å². The smallest absolute Gasteiger partial charge is 0.382 e. The predicted molar refractivity (Wildman–Crippen MR) is 124 cm³/mol. The van der Waals surface area contributed by atoms with Crippen molar-refractivity contribution in [3.63, 3.8) is 0 Å². The largest absolute Gasteiger partial charge is 0.417 e. The average molecular weight is 470 g/mol. The highest BCUT2D eigenvalue weighted by atomic mass is 19.4. The Balaban J connectivity index is 1.67. The quantitative estimate of drug-likeness (QED) is 0.563. The first kappa shape index (κ1) is 22.5. The molecule has 0 spiro atoms. The van der Waals surface area contributed by atoms with Gasteiger partial charge in [0.05, 0.1) is 36.0 Å². The molecule has 1 atom stereocenters. The lowest BCUT2D eigenvalue weighted by Crippen LogP contribution is -2.36. The molecule has 2 saturated heterocycles. The van der Waals surface area contributed by atoms with Crippen LogP contribution in [0.1, 0.15) is 30.0 Å². The lowest BCUT2D eigenvalue weighted by atomic mass is 9.89. The third kappa shape index (κ3) is 4.04. The number of hydrogen-bond donors (Lipinski definition) is 1. The molecule has 0 bridgehead atoms. The Kier molecular flexibility index (Phi) is 5.81. The van der Waals surface area contributed by atoms with Crippen molar-refractivity contribution in [3.05, 3.63) is 53.6 Å². The van der Waals surface area contributed by atoms with Gasteiger partial charge in [-0.25, -0.2) is 4.98 Å². The van der Waals surface area contributed by atoms with Crippen LogP contribution in [0.5, 0.6) is 0 Å². The third-order valence-corrected chi connectivity index (χ3v) is 6.65. The van der Waals surface area contributed by atoms with Crippen molar-refractivity contribution in [2.75, 3.05) is 43.5 Å². The van der Waals surface area contributed by atoms with Crippen LogP contribution in [0.3, 0.4) is 0 Å². The first-order chi connectivity index (χ1) is 16.4. The summed E-state index contributed by atoms with van der Waals surface area (Å²) >= 11 is 0. The first-order valence-electron chi connectivity index (χ1n) is 11.3. The van der Waals surface area contributed by atoms with Gasteiger partial charge in [0.1, 0.15) is 5.82 Å². The first-order valence-corrected chi connectivity index (χ1v) is 11.3. The standard InChI is InChI=1S/C25H25F3N4O2/c26-25(27,28)19-4-1-3-18(21-5-2-8-32(21)15-33)23(19)16-6-7-20-17(13-16)14-22(24(29)30-20)31-9-11-34-12-10-31/h1,3-4,6-7,13-15,21H,2,5,8-12H2,(H2,29,30). The van der Waals surface area contributed by atoms with E-state index in [1.165, 1.54) is 6.07 Å². The van der Waals surface area contributed by atoms with E-state index >= 15 is 0 Å². The van der Waals surface area contributed by atoms with Gasteiger partial charge in [-0.05, 0) is 53.8 Å². The Hall–Kier alpha value is -3.33. The van der Waals surface area contributed by atoms with Gasteiger partial charge in [0.15, 0.2) is 0 Å². The Morgan fingerprint density at radius 2 is 1.88 bits per heavy atom. The van der Waals surface area contributed by atoms with Crippen LogP contribution in [0.2, 0.25) is 0 Å². The summed E-state index contributed by atoms with van der Waals surface area (Å²) in [7, 11) is 0. The van der Waals surface area contributed by atoms with E-state index in [-0.39, 0.29) is 11.6 Å². The fraction of sp³-hybridized carbons (Fsp3) is 0.360. The molecule has 9 heteroatoms. The second kappa shape index (κ2) is 8.79. The van der Waals surface area contributed by atoms with Crippen LogP contribution in [0.4, 0.5) is 24.7 Å². The second-order valence-corrected chi connectivity index (χ2v) is 8.67. The normalized spacial score (nSPS) is 19.1. The van der Waals surface area contributed by atoms with Crippen LogP contribution in [-0.2, 0) is 15.7 Å². The average Bonchev–Trinajstić information content (AvgIpc) is 3.32. The maximum atomic E-state index is 14.1. The molecule has 34 heavy (non-hydrogen) atoms. The summed E-state index contributed by atoms with van der Waals surface area (Å²) in [6, 6.07) is 10.8. The highest BCUT2D eigenvalue weighted by Crippen LogP contribution is 2.44. The van der Waals surface area contributed by atoms with Crippen LogP contribution in [-0.4, -0.2) is 49.1 Å². The molecule has 1 amide bonds. The molecule has 2 aromatic carbocycles. The summed E-state index contributed by atoms with van der Waals surface area (Å²) < 4.78 is 47.8. The molecule has 3 heterocycles. The number of anilines is 2. The maximum absolute atomic E-state index is 14.1. The number of nitrogens with zero attached hydrogens (tertiary/aromatic N) is 3. The number of nitrogens with two attached hydrogens (primary N) is 1. The molecule has 0 aliphatic carbocycles. The number of morpholine rings is 1. The van der Waals surface area contributed by atoms with Crippen LogP contribution in [0, 0.1) is 0 Å². The molecule has 2 aliphatic rings. The van der Waals surface area contributed by atoms with E-state index in [4.69, 9.17) is 10.5 Å². The van der Waals surface area contributed by atoms with E-state index in [1.807, 2.05) is 6.07 Å². The van der Waals surface area contributed by atoms with E-state index in [1.54, 1.807) is 29.2 Å². The van der Waals surface area contributed by atoms with Crippen molar-refractivity contribution in [1.82, 2.24) is 9.88 Å². The number of halogens is 3. The molecule has 5 rings (SSSR count). The number of carbonyl (C=O) groups excluding carboxylic acids is 1. The van der Waals surface area contributed by atoms with Gasteiger partial charge >= 0.3 is 6.18 Å². The molecule has 1 unspecified atom stereocenters. The highest BCUT2D eigenvalue weighted by Gasteiger charge is 2.37. The van der Waals surface area contributed by atoms with E-state index in [0.29, 0.717) is 67.1 Å². The number of likely N-dealkylation sites (tertiary alicyclic amines) is 1. The number of pyridine rings is 1. The molecule has 1 aromatic heterocycles. The fourth-order valence-corrected chi connectivity index (χ4v) is 5.05. The Labute approximate surface area is 195 Å². The van der Waals surface area contributed by atoms with E-state index in [0.717, 1.165) is 24.6 Å². The number of alkyl halides is 3. The zero-order valence-corrected chi connectivity index (χ0v) is 18.5. The number of fused-ring (bicyclic) bond motifs is 1. The van der Waals surface area contributed by atoms with E-state index in [9.17, 15) is 18.0 Å². The van der Waals surface area contributed by atoms with Crippen molar-refractivity contribution in [3.8, 4) is 11.1 Å². The third-order valence-electron chi connectivity index (χ3n) is 6.65. The number of rotatable bonds is 4. The van der Waals surface area contributed by atoms with Crippen LogP contribution in [0.15, 0.2) is 42.5 Å². The number of amides is 1. The summed E-state index contributed by atoms with van der Waals surface area (Å²) in [5, 5.41) is 0.704. The van der Waals surface area contributed by atoms with Gasteiger partial charge in [0, 0.05) is 25.0 Å². The number of carbonyl (C=O) groups is 1. The van der Waals surface area contributed by atoms with Crippen molar-refractivity contribution in [1.29, 1.82) is 0 Å². The molecule has 2 aliphatic heterocycles. The van der Waals surface area contributed by atoms with Crippen molar-refractivity contribution in [2.45, 2.75) is 25.1 Å². The molecule has 0 saturated carbocycles. The summed E-state index contributed by atoms with van der Waals surface area (Å²) in [5.74, 6) is 0.381. The lowest BCUT2D eigenvalue weighted by Gasteiger charge is -2.29. The summed E-state index contributed by atoms with van der Waals surface area (Å²) in [5.41, 5.74) is 7.91. The summed E-state index contributed by atoms with van der Waals surface area (Å²) in [6.07, 6.45) is -2.44. The van der Waals surface area contributed by atoms with Gasteiger partial charge < -0.3 is 20.3 Å². The number of nitrogen functional groups attached to an aromatic ring is 1. The van der Waals surface area contributed by atoms with Crippen molar-refractivity contribution >= 4 is 28.8 Å². The lowest BCUT2D eigenvalue weighted by molar-refractivity contribution is -0.137. The van der Waals surface area contributed by atoms with E-state index in [2.05, 4.69) is 9.88 Å². The van der Waals surface area contributed by atoms with Gasteiger partial charge in [-0.1, -0.05) is 18.2 Å². The Bertz CT molecular complexity index is 1220. The highest BCUT2D eigenvalue weighted by molar-refractivity contribution is 5.91. The van der Waals surface area contributed by atoms with Crippen LogP contribution in [0.25, 0.3) is 22.0 Å².